The van der Waals surface area contributed by atoms with Gasteiger partial charge in [0.1, 0.15) is 4.75 Å². The lowest BCUT2D eigenvalue weighted by Gasteiger charge is -2.25. The number of hydrogen-bond acceptors (Lipinski definition) is 4. The van der Waals surface area contributed by atoms with E-state index < -0.39 is 16.8 Å². The Hall–Kier alpha value is -0.260. The van der Waals surface area contributed by atoms with Crippen LogP contribution in [0.2, 0.25) is 0 Å². The molecule has 82 valence electrons. The van der Waals surface area contributed by atoms with E-state index in [0.717, 1.165) is 12.2 Å². The fourth-order valence-electron chi connectivity index (χ4n) is 1.75. The standard InChI is InChI=1S/C9H16O4S/c1-13-6-7(10)5-9(8(11)12)3-2-4-14-9/h7,10H,2-6H2,1H3,(H,11,12). The number of rotatable bonds is 5. The zero-order chi connectivity index (χ0) is 10.6. The summed E-state index contributed by atoms with van der Waals surface area (Å²) in [5.41, 5.74) is 0. The fraction of sp³-hybridized carbons (Fsp3) is 0.889. The van der Waals surface area contributed by atoms with Gasteiger partial charge in [-0.15, -0.1) is 11.8 Å². The predicted octanol–water partition coefficient (Wildman–Crippen LogP) is 0.734. The summed E-state index contributed by atoms with van der Waals surface area (Å²) in [5, 5.41) is 18.6. The quantitative estimate of drug-likeness (QED) is 0.715. The van der Waals surface area contributed by atoms with Crippen molar-refractivity contribution in [3.05, 3.63) is 0 Å². The molecule has 1 aliphatic heterocycles. The first-order chi connectivity index (χ1) is 6.60. The molecule has 0 radical (unpaired) electrons. The molecule has 0 aromatic heterocycles. The molecule has 1 saturated heterocycles. The highest BCUT2D eigenvalue weighted by Gasteiger charge is 2.43. The molecule has 0 amide bonds. The second-order valence-corrected chi connectivity index (χ2v) is 5.04. The Morgan fingerprint density at radius 2 is 2.43 bits per heavy atom. The van der Waals surface area contributed by atoms with Crippen LogP contribution in [0.5, 0.6) is 0 Å². The Bertz CT molecular complexity index is 201. The van der Waals surface area contributed by atoms with Gasteiger partial charge in [-0.25, -0.2) is 0 Å². The van der Waals surface area contributed by atoms with E-state index in [1.165, 1.54) is 18.9 Å². The first-order valence-electron chi connectivity index (χ1n) is 4.65. The fourth-order valence-corrected chi connectivity index (χ4v) is 3.15. The van der Waals surface area contributed by atoms with E-state index in [1.54, 1.807) is 0 Å². The highest BCUT2D eigenvalue weighted by molar-refractivity contribution is 8.01. The summed E-state index contributed by atoms with van der Waals surface area (Å²) in [7, 11) is 1.50. The Kier molecular flexibility index (Phi) is 4.22. The number of aliphatic hydroxyl groups excluding tert-OH is 1. The van der Waals surface area contributed by atoms with E-state index >= 15 is 0 Å². The van der Waals surface area contributed by atoms with E-state index in [-0.39, 0.29) is 13.0 Å². The van der Waals surface area contributed by atoms with Crippen molar-refractivity contribution in [3.63, 3.8) is 0 Å². The van der Waals surface area contributed by atoms with Crippen LogP contribution in [-0.2, 0) is 9.53 Å². The SMILES string of the molecule is COCC(O)CC1(C(=O)O)CCCS1. The maximum Gasteiger partial charge on any atom is 0.319 e. The number of carbonyl (C=O) groups is 1. The summed E-state index contributed by atoms with van der Waals surface area (Å²) in [6, 6.07) is 0. The maximum absolute atomic E-state index is 11.1. The average molecular weight is 220 g/mol. The van der Waals surface area contributed by atoms with Crippen LogP contribution in [0.3, 0.4) is 0 Å². The Morgan fingerprint density at radius 1 is 1.71 bits per heavy atom. The first-order valence-corrected chi connectivity index (χ1v) is 5.63. The van der Waals surface area contributed by atoms with Gasteiger partial charge >= 0.3 is 5.97 Å². The van der Waals surface area contributed by atoms with E-state index in [0.29, 0.717) is 6.42 Å². The summed E-state index contributed by atoms with van der Waals surface area (Å²) in [6.45, 7) is 0.204. The summed E-state index contributed by atoms with van der Waals surface area (Å²) in [4.78, 5) is 11.1. The summed E-state index contributed by atoms with van der Waals surface area (Å²) < 4.78 is 4.01. The Labute approximate surface area is 87.6 Å². The molecule has 0 spiro atoms. The van der Waals surface area contributed by atoms with Crippen LogP contribution in [-0.4, -0.2) is 46.5 Å². The van der Waals surface area contributed by atoms with Crippen molar-refractivity contribution in [3.8, 4) is 0 Å². The Balaban J connectivity index is 2.55. The minimum absolute atomic E-state index is 0.204. The molecule has 1 aliphatic rings. The molecule has 2 atom stereocenters. The third kappa shape index (κ3) is 2.62. The average Bonchev–Trinajstić information content (AvgIpc) is 2.54. The molecule has 14 heavy (non-hydrogen) atoms. The van der Waals surface area contributed by atoms with Crippen molar-refractivity contribution in [1.82, 2.24) is 0 Å². The van der Waals surface area contributed by atoms with Gasteiger partial charge in [-0.05, 0) is 18.6 Å². The van der Waals surface area contributed by atoms with Crippen LogP contribution in [0.25, 0.3) is 0 Å². The number of methoxy groups -OCH3 is 1. The molecular weight excluding hydrogens is 204 g/mol. The monoisotopic (exact) mass is 220 g/mol. The zero-order valence-corrected chi connectivity index (χ0v) is 9.05. The molecule has 4 nitrogen and oxygen atoms in total. The maximum atomic E-state index is 11.1. The lowest BCUT2D eigenvalue weighted by molar-refractivity contribution is -0.141. The van der Waals surface area contributed by atoms with Crippen molar-refractivity contribution < 1.29 is 19.7 Å². The first kappa shape index (κ1) is 11.8. The van der Waals surface area contributed by atoms with Crippen molar-refractivity contribution in [2.75, 3.05) is 19.5 Å². The Morgan fingerprint density at radius 3 is 2.86 bits per heavy atom. The summed E-state index contributed by atoms with van der Waals surface area (Å²) in [5.74, 6) is 0.0570. The topological polar surface area (TPSA) is 66.8 Å². The molecule has 0 aliphatic carbocycles. The minimum Gasteiger partial charge on any atom is -0.480 e. The van der Waals surface area contributed by atoms with Gasteiger partial charge in [0.15, 0.2) is 0 Å². The number of aliphatic hydroxyl groups is 1. The molecule has 2 N–H and O–H groups in total. The predicted molar refractivity (Wildman–Crippen MR) is 54.6 cm³/mol. The molecule has 1 heterocycles. The lowest BCUT2D eigenvalue weighted by Crippen LogP contribution is -2.37. The van der Waals surface area contributed by atoms with Gasteiger partial charge in [0.05, 0.1) is 12.7 Å². The van der Waals surface area contributed by atoms with E-state index in [2.05, 4.69) is 0 Å². The van der Waals surface area contributed by atoms with Crippen LogP contribution >= 0.6 is 11.8 Å². The second kappa shape index (κ2) is 5.00. The van der Waals surface area contributed by atoms with Crippen molar-refractivity contribution in [2.24, 2.45) is 0 Å². The third-order valence-electron chi connectivity index (χ3n) is 2.42. The molecule has 1 rings (SSSR count). The number of carboxylic acids is 1. The third-order valence-corrected chi connectivity index (χ3v) is 4.01. The highest BCUT2D eigenvalue weighted by atomic mass is 32.2. The van der Waals surface area contributed by atoms with Gasteiger partial charge in [-0.1, -0.05) is 0 Å². The normalized spacial score (nSPS) is 29.0. The zero-order valence-electron chi connectivity index (χ0n) is 8.23. The van der Waals surface area contributed by atoms with Crippen LogP contribution in [0.15, 0.2) is 0 Å². The highest BCUT2D eigenvalue weighted by Crippen LogP contribution is 2.41. The van der Waals surface area contributed by atoms with Crippen LogP contribution in [0.4, 0.5) is 0 Å². The van der Waals surface area contributed by atoms with Crippen molar-refractivity contribution >= 4 is 17.7 Å². The van der Waals surface area contributed by atoms with Gasteiger partial charge in [0.2, 0.25) is 0 Å². The van der Waals surface area contributed by atoms with E-state index in [9.17, 15) is 9.90 Å². The molecule has 0 bridgehead atoms. The molecule has 0 saturated carbocycles. The van der Waals surface area contributed by atoms with Gasteiger partial charge in [-0.2, -0.15) is 0 Å². The van der Waals surface area contributed by atoms with E-state index in [1.807, 2.05) is 0 Å². The second-order valence-electron chi connectivity index (χ2n) is 3.56. The van der Waals surface area contributed by atoms with Gasteiger partial charge in [-0.3, -0.25) is 4.79 Å². The van der Waals surface area contributed by atoms with Gasteiger partial charge < -0.3 is 14.9 Å². The number of carboxylic acid groups (broad SMARTS) is 1. The van der Waals surface area contributed by atoms with Crippen molar-refractivity contribution in [2.45, 2.75) is 30.1 Å². The smallest absolute Gasteiger partial charge is 0.319 e. The molecule has 2 unspecified atom stereocenters. The van der Waals surface area contributed by atoms with Crippen LogP contribution in [0.1, 0.15) is 19.3 Å². The molecule has 0 aromatic carbocycles. The van der Waals surface area contributed by atoms with E-state index in [4.69, 9.17) is 9.84 Å². The molecule has 1 fully saturated rings. The van der Waals surface area contributed by atoms with Gasteiger partial charge in [0, 0.05) is 13.5 Å². The number of hydrogen-bond donors (Lipinski definition) is 2. The molecule has 0 aromatic rings. The molecule has 5 heteroatoms. The largest absolute Gasteiger partial charge is 0.480 e. The number of aliphatic carboxylic acids is 1. The van der Waals surface area contributed by atoms with Crippen LogP contribution in [0, 0.1) is 0 Å². The summed E-state index contributed by atoms with van der Waals surface area (Å²) in [6.07, 6.45) is 1.16. The van der Waals surface area contributed by atoms with Gasteiger partial charge in [0.25, 0.3) is 0 Å². The van der Waals surface area contributed by atoms with Crippen LogP contribution < -0.4 is 0 Å². The lowest BCUT2D eigenvalue weighted by atomic mass is 9.96. The number of ether oxygens (including phenoxy) is 1. The van der Waals surface area contributed by atoms with Crippen molar-refractivity contribution in [1.29, 1.82) is 0 Å². The molecular formula is C9H16O4S. The minimum atomic E-state index is -0.810. The number of thioether (sulfide) groups is 1. The summed E-state index contributed by atoms with van der Waals surface area (Å²) >= 11 is 1.44.